The average Bonchev–Trinajstić information content (AvgIpc) is 3.15. The van der Waals surface area contributed by atoms with Crippen LogP contribution in [0.2, 0.25) is 5.02 Å². The fourth-order valence-corrected chi connectivity index (χ4v) is 4.86. The Labute approximate surface area is 220 Å². The number of halogens is 4. The number of amides is 3. The van der Waals surface area contributed by atoms with E-state index in [-0.39, 0.29) is 22.9 Å². The second-order valence-electron chi connectivity index (χ2n) is 6.86. The Morgan fingerprint density at radius 2 is 1.76 bits per heavy atom. The molecule has 33 heavy (non-hydrogen) atoms. The number of nitrogens with zero attached hydrogens (tertiary/aromatic N) is 4. The first-order valence-corrected chi connectivity index (χ1v) is 12.1. The minimum atomic E-state index is -0.498. The van der Waals surface area contributed by atoms with Gasteiger partial charge in [-0.15, -0.1) is 0 Å². The van der Waals surface area contributed by atoms with E-state index in [1.54, 1.807) is 47.3 Å². The van der Waals surface area contributed by atoms with Crippen LogP contribution in [0.5, 0.6) is 0 Å². The molecule has 3 amide bonds. The lowest BCUT2D eigenvalue weighted by atomic mass is 10.1. The summed E-state index contributed by atoms with van der Waals surface area (Å²) in [4.78, 5) is 42.5. The van der Waals surface area contributed by atoms with Crippen LogP contribution in [0.15, 0.2) is 56.1 Å². The van der Waals surface area contributed by atoms with E-state index in [9.17, 15) is 14.4 Å². The van der Waals surface area contributed by atoms with Gasteiger partial charge in [0.05, 0.1) is 16.3 Å². The molecule has 172 valence electrons. The summed E-state index contributed by atoms with van der Waals surface area (Å²) in [6.07, 6.45) is 3.24. The van der Waals surface area contributed by atoms with Crippen molar-refractivity contribution in [1.82, 2.24) is 19.6 Å². The molecule has 2 aromatic heterocycles. The van der Waals surface area contributed by atoms with Gasteiger partial charge in [0.15, 0.2) is 5.82 Å². The lowest BCUT2D eigenvalue weighted by molar-refractivity contribution is -0.137. The van der Waals surface area contributed by atoms with Gasteiger partial charge in [0.25, 0.3) is 11.8 Å². The highest BCUT2D eigenvalue weighted by Gasteiger charge is 2.25. The smallest absolute Gasteiger partial charge is 0.274 e. The molecule has 3 aromatic rings. The predicted molar refractivity (Wildman–Crippen MR) is 137 cm³/mol. The average molecular weight is 663 g/mol. The highest BCUT2D eigenvalue weighted by molar-refractivity contribution is 9.11. The van der Waals surface area contributed by atoms with Gasteiger partial charge in [-0.1, -0.05) is 27.5 Å². The zero-order valence-electron chi connectivity index (χ0n) is 17.6. The van der Waals surface area contributed by atoms with Gasteiger partial charge in [0.1, 0.15) is 5.69 Å². The van der Waals surface area contributed by atoms with Crippen molar-refractivity contribution in [2.24, 2.45) is 0 Å². The maximum absolute atomic E-state index is 13.3. The third kappa shape index (κ3) is 5.48. The molecule has 0 atom stereocenters. The molecule has 0 saturated carbocycles. The number of rotatable bonds is 4. The molecule has 8 nitrogen and oxygen atoms in total. The van der Waals surface area contributed by atoms with Gasteiger partial charge in [0.2, 0.25) is 5.91 Å². The molecule has 0 fully saturated rings. The first kappa shape index (κ1) is 25.4. The quantitative estimate of drug-likeness (QED) is 0.373. The zero-order chi connectivity index (χ0) is 24.4. The van der Waals surface area contributed by atoms with Crippen molar-refractivity contribution in [2.75, 3.05) is 19.4 Å². The van der Waals surface area contributed by atoms with Crippen LogP contribution in [0.25, 0.3) is 5.82 Å². The lowest BCUT2D eigenvalue weighted by Gasteiger charge is -2.28. The van der Waals surface area contributed by atoms with Crippen LogP contribution in [0.3, 0.4) is 0 Å². The monoisotopic (exact) mass is 659 g/mol. The van der Waals surface area contributed by atoms with Crippen LogP contribution in [0, 0.1) is 0 Å². The maximum Gasteiger partial charge on any atom is 0.274 e. The third-order valence-electron chi connectivity index (χ3n) is 4.71. The summed E-state index contributed by atoms with van der Waals surface area (Å²) in [6, 6.07) is 8.24. The summed E-state index contributed by atoms with van der Waals surface area (Å²) in [5, 5.41) is 5.50. The summed E-state index contributed by atoms with van der Waals surface area (Å²) < 4.78 is 3.27. The van der Waals surface area contributed by atoms with E-state index in [2.05, 4.69) is 58.1 Å². The summed E-state index contributed by atoms with van der Waals surface area (Å²) in [7, 11) is 2.95. The number of aromatic nitrogens is 2. The molecule has 0 saturated heterocycles. The highest BCUT2D eigenvalue weighted by atomic mass is 79.9. The third-order valence-corrected chi connectivity index (χ3v) is 6.52. The number of hydrogen-bond donors (Lipinski definition) is 1. The van der Waals surface area contributed by atoms with E-state index >= 15 is 0 Å². The number of benzene rings is 1. The molecular weight excluding hydrogens is 645 g/mol. The fraction of sp³-hybridized carbons (Fsp3) is 0.143. The normalized spacial score (nSPS) is 10.6. The number of nitrogens with one attached hydrogen (secondary N) is 1. The molecule has 0 bridgehead atoms. The standard InChI is InChI=1S/C21H17Br3ClN5O3/c1-11(31)28(2)29(3)21(33)14-7-12(22)8-15(24)18(14)27-20(32)17-9-13(23)10-30(17)19-16(25)5-4-6-26-19/h4-10H,1-3H3,(H,27,32). The molecule has 0 aliphatic heterocycles. The van der Waals surface area contributed by atoms with Gasteiger partial charge < -0.3 is 5.32 Å². The molecule has 3 rings (SSSR count). The van der Waals surface area contributed by atoms with E-state index in [1.807, 2.05) is 0 Å². The van der Waals surface area contributed by atoms with Crippen molar-refractivity contribution < 1.29 is 14.4 Å². The molecule has 1 aromatic carbocycles. The van der Waals surface area contributed by atoms with Crippen molar-refractivity contribution >= 4 is 82.8 Å². The number of hydrogen-bond acceptors (Lipinski definition) is 4. The van der Waals surface area contributed by atoms with E-state index < -0.39 is 11.8 Å². The number of carbonyl (C=O) groups is 3. The maximum atomic E-state index is 13.3. The summed E-state index contributed by atoms with van der Waals surface area (Å²) in [5.41, 5.74) is 0.658. The Morgan fingerprint density at radius 1 is 1.06 bits per heavy atom. The Hall–Kier alpha value is -2.21. The molecule has 1 N–H and O–H groups in total. The number of hydrazine groups is 1. The van der Waals surface area contributed by atoms with Crippen LogP contribution in [-0.4, -0.2) is 51.4 Å². The van der Waals surface area contributed by atoms with Crippen LogP contribution in [-0.2, 0) is 4.79 Å². The largest absolute Gasteiger partial charge is 0.319 e. The van der Waals surface area contributed by atoms with E-state index in [1.165, 1.54) is 31.0 Å². The van der Waals surface area contributed by atoms with Crippen molar-refractivity contribution in [3.8, 4) is 5.82 Å². The van der Waals surface area contributed by atoms with Gasteiger partial charge in [-0.3, -0.25) is 29.0 Å². The SMILES string of the molecule is CC(=O)N(C)N(C)C(=O)c1cc(Br)cc(Br)c1NC(=O)c1cc(Br)cn1-c1ncccc1Cl. The summed E-state index contributed by atoms with van der Waals surface area (Å²) >= 11 is 16.4. The van der Waals surface area contributed by atoms with Gasteiger partial charge in [0, 0.05) is 46.8 Å². The minimum absolute atomic E-state index is 0.174. The molecule has 0 radical (unpaired) electrons. The predicted octanol–water partition coefficient (Wildman–Crippen LogP) is 5.53. The van der Waals surface area contributed by atoms with E-state index in [4.69, 9.17) is 11.6 Å². The molecular formula is C21H17Br3ClN5O3. The Balaban J connectivity index is 2.03. The Morgan fingerprint density at radius 3 is 2.39 bits per heavy atom. The topological polar surface area (TPSA) is 87.5 Å². The molecule has 12 heteroatoms. The van der Waals surface area contributed by atoms with Crippen LogP contribution >= 0.6 is 59.4 Å². The van der Waals surface area contributed by atoms with E-state index in [0.717, 1.165) is 0 Å². The van der Waals surface area contributed by atoms with Crippen LogP contribution < -0.4 is 5.32 Å². The van der Waals surface area contributed by atoms with Crippen molar-refractivity contribution in [1.29, 1.82) is 0 Å². The summed E-state index contributed by atoms with van der Waals surface area (Å²) in [5.74, 6) is -0.930. The molecule has 0 aliphatic carbocycles. The molecule has 2 heterocycles. The first-order valence-electron chi connectivity index (χ1n) is 9.32. The van der Waals surface area contributed by atoms with Gasteiger partial charge in [-0.2, -0.15) is 0 Å². The first-order chi connectivity index (χ1) is 15.5. The Bertz CT molecular complexity index is 1260. The second-order valence-corrected chi connectivity index (χ2v) is 9.95. The summed E-state index contributed by atoms with van der Waals surface area (Å²) in [6.45, 7) is 1.35. The number of pyridine rings is 1. The second kappa shape index (κ2) is 10.4. The van der Waals surface area contributed by atoms with E-state index in [0.29, 0.717) is 24.3 Å². The Kier molecular flexibility index (Phi) is 7.99. The molecule has 0 aliphatic rings. The fourth-order valence-electron chi connectivity index (χ4n) is 2.90. The van der Waals surface area contributed by atoms with Crippen molar-refractivity contribution in [2.45, 2.75) is 6.92 Å². The van der Waals surface area contributed by atoms with Gasteiger partial charge in [-0.05, 0) is 62.2 Å². The van der Waals surface area contributed by atoms with Crippen molar-refractivity contribution in [3.63, 3.8) is 0 Å². The van der Waals surface area contributed by atoms with Crippen LogP contribution in [0.1, 0.15) is 27.8 Å². The molecule has 0 spiro atoms. The zero-order valence-corrected chi connectivity index (χ0v) is 23.1. The van der Waals surface area contributed by atoms with Crippen LogP contribution in [0.4, 0.5) is 5.69 Å². The van der Waals surface area contributed by atoms with Crippen molar-refractivity contribution in [3.05, 3.63) is 72.4 Å². The number of anilines is 1. The highest BCUT2D eigenvalue weighted by Crippen LogP contribution is 2.33. The van der Waals surface area contributed by atoms with Gasteiger partial charge in [-0.25, -0.2) is 4.98 Å². The molecule has 0 unspecified atom stereocenters. The number of carbonyl (C=O) groups excluding carboxylic acids is 3. The van der Waals surface area contributed by atoms with Gasteiger partial charge >= 0.3 is 0 Å². The minimum Gasteiger partial charge on any atom is -0.319 e. The lowest BCUT2D eigenvalue weighted by Crippen LogP contribution is -2.44.